The Hall–Kier alpha value is -1.01. The monoisotopic (exact) mass is 390 g/mol. The number of aryl methyl sites for hydroxylation is 1. The number of pyridine rings is 1. The number of benzene rings is 1. The van der Waals surface area contributed by atoms with Crippen LogP contribution in [-0.4, -0.2) is 4.98 Å². The molecule has 0 bridgehead atoms. The van der Waals surface area contributed by atoms with Gasteiger partial charge >= 0.3 is 0 Å². The fraction of sp³-hybridized carbons (Fsp3) is 0.154. The minimum Gasteiger partial charge on any atom is -0.377 e. The van der Waals surface area contributed by atoms with Gasteiger partial charge in [-0.05, 0) is 56.5 Å². The van der Waals surface area contributed by atoms with Crippen LogP contribution in [0.5, 0.6) is 0 Å². The average Bonchev–Trinajstić information content (AvgIpc) is 2.34. The molecule has 6 heteroatoms. The van der Waals surface area contributed by atoms with E-state index in [9.17, 15) is 8.78 Å². The van der Waals surface area contributed by atoms with Crippen molar-refractivity contribution < 1.29 is 8.78 Å². The first-order chi connectivity index (χ1) is 8.97. The molecule has 1 aromatic heterocycles. The molecule has 0 spiro atoms. The molecule has 1 aromatic carbocycles. The molecule has 0 atom stereocenters. The number of hydrogen-bond donors (Lipinski definition) is 1. The maximum Gasteiger partial charge on any atom is 0.146 e. The molecule has 2 nitrogen and oxygen atoms in total. The zero-order valence-corrected chi connectivity index (χ0v) is 13.1. The molecule has 0 saturated heterocycles. The lowest BCUT2D eigenvalue weighted by molar-refractivity contribution is 0.594. The molecule has 0 aliphatic heterocycles. The fourth-order valence-corrected chi connectivity index (χ4v) is 2.66. The Morgan fingerprint density at radius 1 is 1.16 bits per heavy atom. The van der Waals surface area contributed by atoms with Crippen molar-refractivity contribution in [1.29, 1.82) is 0 Å². The van der Waals surface area contributed by atoms with Crippen molar-refractivity contribution in [3.63, 3.8) is 0 Å². The van der Waals surface area contributed by atoms with Crippen molar-refractivity contribution in [2.24, 2.45) is 0 Å². The molecule has 100 valence electrons. The van der Waals surface area contributed by atoms with Crippen molar-refractivity contribution in [3.05, 3.63) is 56.2 Å². The topological polar surface area (TPSA) is 24.9 Å². The summed E-state index contributed by atoms with van der Waals surface area (Å²) >= 11 is 6.66. The Morgan fingerprint density at radius 3 is 2.58 bits per heavy atom. The van der Waals surface area contributed by atoms with E-state index >= 15 is 0 Å². The predicted molar refractivity (Wildman–Crippen MR) is 78.1 cm³/mol. The highest BCUT2D eigenvalue weighted by molar-refractivity contribution is 9.11. The van der Waals surface area contributed by atoms with E-state index < -0.39 is 11.6 Å². The van der Waals surface area contributed by atoms with Gasteiger partial charge in [-0.3, -0.25) is 4.98 Å². The highest BCUT2D eigenvalue weighted by atomic mass is 79.9. The lowest BCUT2D eigenvalue weighted by Gasteiger charge is -2.10. The standard InChI is InChI=1S/C13H10Br2F2N2/c1-7-2-11(17)12(4-10(7)16)19-6-13-9(15)3-8(14)5-18-13/h2-5,19H,6H2,1H3. The average molecular weight is 392 g/mol. The third-order valence-corrected chi connectivity index (χ3v) is 3.70. The van der Waals surface area contributed by atoms with E-state index in [2.05, 4.69) is 42.2 Å². The lowest BCUT2D eigenvalue weighted by Crippen LogP contribution is -2.05. The first-order valence-corrected chi connectivity index (χ1v) is 7.05. The van der Waals surface area contributed by atoms with Crippen LogP contribution in [-0.2, 0) is 6.54 Å². The van der Waals surface area contributed by atoms with Crippen LogP contribution in [0.4, 0.5) is 14.5 Å². The van der Waals surface area contributed by atoms with Gasteiger partial charge in [-0.1, -0.05) is 0 Å². The SMILES string of the molecule is Cc1cc(F)c(NCc2ncc(Br)cc2Br)cc1F. The van der Waals surface area contributed by atoms with Gasteiger partial charge in [0.05, 0.1) is 17.9 Å². The Kier molecular flexibility index (Phi) is 4.52. The Balaban J connectivity index is 2.16. The highest BCUT2D eigenvalue weighted by Gasteiger charge is 2.08. The van der Waals surface area contributed by atoms with E-state index in [1.54, 1.807) is 6.20 Å². The maximum absolute atomic E-state index is 13.6. The second kappa shape index (κ2) is 5.96. The number of halogens is 4. The zero-order valence-electron chi connectivity index (χ0n) is 9.98. The minimum atomic E-state index is -0.480. The summed E-state index contributed by atoms with van der Waals surface area (Å²) < 4.78 is 28.6. The molecule has 0 aliphatic rings. The quantitative estimate of drug-likeness (QED) is 0.812. The molecule has 1 heterocycles. The lowest BCUT2D eigenvalue weighted by atomic mass is 10.2. The zero-order chi connectivity index (χ0) is 14.0. The number of anilines is 1. The number of aromatic nitrogens is 1. The van der Waals surface area contributed by atoms with E-state index in [0.717, 1.165) is 15.0 Å². The second-order valence-electron chi connectivity index (χ2n) is 4.02. The van der Waals surface area contributed by atoms with Crippen molar-refractivity contribution in [1.82, 2.24) is 4.98 Å². The van der Waals surface area contributed by atoms with Crippen LogP contribution in [0.1, 0.15) is 11.3 Å². The fourth-order valence-electron chi connectivity index (χ4n) is 1.53. The Morgan fingerprint density at radius 2 is 1.89 bits per heavy atom. The van der Waals surface area contributed by atoms with Gasteiger partial charge in [0.25, 0.3) is 0 Å². The Bertz CT molecular complexity index is 618. The van der Waals surface area contributed by atoms with Crippen LogP contribution in [0, 0.1) is 18.6 Å². The second-order valence-corrected chi connectivity index (χ2v) is 5.79. The molecule has 0 saturated carbocycles. The van der Waals surface area contributed by atoms with Gasteiger partial charge < -0.3 is 5.32 Å². The van der Waals surface area contributed by atoms with E-state index in [4.69, 9.17) is 0 Å². The van der Waals surface area contributed by atoms with E-state index in [1.165, 1.54) is 13.0 Å². The summed E-state index contributed by atoms with van der Waals surface area (Å²) in [5.74, 6) is -0.918. The van der Waals surface area contributed by atoms with Gasteiger partial charge in [-0.25, -0.2) is 8.78 Å². The smallest absolute Gasteiger partial charge is 0.146 e. The molecule has 0 amide bonds. The Labute approximate surface area is 126 Å². The number of nitrogens with one attached hydrogen (secondary N) is 1. The van der Waals surface area contributed by atoms with Gasteiger partial charge in [-0.2, -0.15) is 0 Å². The third kappa shape index (κ3) is 3.51. The van der Waals surface area contributed by atoms with E-state index in [-0.39, 0.29) is 11.3 Å². The van der Waals surface area contributed by atoms with Crippen molar-refractivity contribution >= 4 is 37.5 Å². The van der Waals surface area contributed by atoms with Crippen molar-refractivity contribution in [3.8, 4) is 0 Å². The summed E-state index contributed by atoms with van der Waals surface area (Å²) in [6.45, 7) is 1.82. The summed E-state index contributed by atoms with van der Waals surface area (Å²) in [6.07, 6.45) is 1.65. The molecule has 0 fully saturated rings. The van der Waals surface area contributed by atoms with Crippen LogP contribution in [0.15, 0.2) is 33.3 Å². The van der Waals surface area contributed by atoms with Crippen LogP contribution in [0.3, 0.4) is 0 Å². The molecule has 2 rings (SSSR count). The summed E-state index contributed by atoms with van der Waals surface area (Å²) in [7, 11) is 0. The number of rotatable bonds is 3. The molecule has 19 heavy (non-hydrogen) atoms. The van der Waals surface area contributed by atoms with Gasteiger partial charge in [0.1, 0.15) is 11.6 Å². The van der Waals surface area contributed by atoms with Crippen molar-refractivity contribution in [2.75, 3.05) is 5.32 Å². The summed E-state index contributed by atoms with van der Waals surface area (Å²) in [4.78, 5) is 4.19. The molecule has 0 unspecified atom stereocenters. The van der Waals surface area contributed by atoms with Crippen LogP contribution in [0.2, 0.25) is 0 Å². The number of nitrogens with zero attached hydrogens (tertiary/aromatic N) is 1. The molecule has 2 aromatic rings. The van der Waals surface area contributed by atoms with Crippen molar-refractivity contribution in [2.45, 2.75) is 13.5 Å². The molecule has 0 aliphatic carbocycles. The number of hydrogen-bond acceptors (Lipinski definition) is 2. The first kappa shape index (κ1) is 14.4. The van der Waals surface area contributed by atoms with Crippen LogP contribution >= 0.6 is 31.9 Å². The largest absolute Gasteiger partial charge is 0.377 e. The predicted octanol–water partition coefficient (Wildman–Crippen LogP) is 4.81. The molecule has 0 radical (unpaired) electrons. The van der Waals surface area contributed by atoms with E-state index in [1.807, 2.05) is 6.07 Å². The molecule has 1 N–H and O–H groups in total. The van der Waals surface area contributed by atoms with Gasteiger partial charge in [-0.15, -0.1) is 0 Å². The first-order valence-electron chi connectivity index (χ1n) is 5.47. The van der Waals surface area contributed by atoms with Crippen LogP contribution < -0.4 is 5.32 Å². The highest BCUT2D eigenvalue weighted by Crippen LogP contribution is 2.22. The summed E-state index contributed by atoms with van der Waals surface area (Å²) in [5.41, 5.74) is 1.12. The molecular formula is C13H10Br2F2N2. The third-order valence-electron chi connectivity index (χ3n) is 2.58. The van der Waals surface area contributed by atoms with Gasteiger partial charge in [0, 0.05) is 21.2 Å². The minimum absolute atomic E-state index is 0.125. The van der Waals surface area contributed by atoms with Gasteiger partial charge in [0.2, 0.25) is 0 Å². The molecular weight excluding hydrogens is 382 g/mol. The van der Waals surface area contributed by atoms with E-state index in [0.29, 0.717) is 12.2 Å². The summed E-state index contributed by atoms with van der Waals surface area (Å²) in [6, 6.07) is 4.16. The summed E-state index contributed by atoms with van der Waals surface area (Å²) in [5, 5.41) is 2.83. The normalized spacial score (nSPS) is 10.6. The van der Waals surface area contributed by atoms with Gasteiger partial charge in [0.15, 0.2) is 0 Å². The van der Waals surface area contributed by atoms with Crippen LogP contribution in [0.25, 0.3) is 0 Å². The maximum atomic E-state index is 13.6.